The number of aryl methyl sites for hydroxylation is 1. The number of hydrogen-bond acceptors (Lipinski definition) is 3. The highest BCUT2D eigenvalue weighted by Gasteiger charge is 2.04. The van der Waals surface area contributed by atoms with Crippen LogP contribution in [0.2, 0.25) is 5.02 Å². The van der Waals surface area contributed by atoms with Crippen molar-refractivity contribution < 1.29 is 4.74 Å². The minimum atomic E-state index is -0.146. The Morgan fingerprint density at radius 1 is 1.42 bits per heavy atom. The summed E-state index contributed by atoms with van der Waals surface area (Å²) in [5.74, 6) is 0.687. The molecule has 0 bridgehead atoms. The van der Waals surface area contributed by atoms with E-state index >= 15 is 0 Å². The average molecular weight is 281 g/mol. The molecule has 1 heterocycles. The molecule has 0 aliphatic heterocycles. The van der Waals surface area contributed by atoms with Crippen LogP contribution in [0.15, 0.2) is 23.0 Å². The van der Waals surface area contributed by atoms with Crippen molar-refractivity contribution in [2.24, 2.45) is 0 Å². The van der Waals surface area contributed by atoms with E-state index in [0.717, 1.165) is 6.42 Å². The van der Waals surface area contributed by atoms with Gasteiger partial charge >= 0.3 is 0 Å². The summed E-state index contributed by atoms with van der Waals surface area (Å²) in [7, 11) is 0. The molecule has 0 amide bonds. The Labute approximate surface area is 116 Å². The fourth-order valence-electron chi connectivity index (χ4n) is 1.84. The average Bonchev–Trinajstić information content (AvgIpc) is 2.35. The van der Waals surface area contributed by atoms with Crippen molar-refractivity contribution in [2.75, 3.05) is 6.61 Å². The second-order valence-corrected chi connectivity index (χ2v) is 5.13. The lowest BCUT2D eigenvalue weighted by atomic mass is 10.2. The van der Waals surface area contributed by atoms with Gasteiger partial charge in [-0.25, -0.2) is 4.98 Å². The Kier molecular flexibility index (Phi) is 4.56. The molecule has 0 aliphatic rings. The summed E-state index contributed by atoms with van der Waals surface area (Å²) in [5.41, 5.74) is 0.528. The van der Waals surface area contributed by atoms with Gasteiger partial charge in [0, 0.05) is 18.1 Å². The number of nitrogens with zero attached hydrogens (tertiary/aromatic N) is 1. The van der Waals surface area contributed by atoms with E-state index in [2.05, 4.69) is 9.97 Å². The first kappa shape index (κ1) is 14.0. The molecule has 2 aromatic rings. The number of H-pyrrole nitrogens is 1. The third-order valence-electron chi connectivity index (χ3n) is 2.73. The molecule has 0 saturated carbocycles. The van der Waals surface area contributed by atoms with Crippen LogP contribution in [0.5, 0.6) is 0 Å². The van der Waals surface area contributed by atoms with Gasteiger partial charge in [0.05, 0.1) is 17.0 Å². The number of halogens is 1. The zero-order valence-corrected chi connectivity index (χ0v) is 11.8. The maximum absolute atomic E-state index is 11.9. The van der Waals surface area contributed by atoms with E-state index in [4.69, 9.17) is 16.3 Å². The van der Waals surface area contributed by atoms with Crippen LogP contribution in [0.4, 0.5) is 0 Å². The third-order valence-corrected chi connectivity index (χ3v) is 2.96. The summed E-state index contributed by atoms with van der Waals surface area (Å²) < 4.78 is 5.46. The first-order valence-electron chi connectivity index (χ1n) is 6.36. The van der Waals surface area contributed by atoms with Crippen LogP contribution in [0.1, 0.15) is 26.1 Å². The van der Waals surface area contributed by atoms with Crippen LogP contribution in [0.3, 0.4) is 0 Å². The summed E-state index contributed by atoms with van der Waals surface area (Å²) in [5, 5.41) is 1.06. The predicted octanol–water partition coefficient (Wildman–Crippen LogP) is 2.93. The summed E-state index contributed by atoms with van der Waals surface area (Å²) in [6, 6.07) is 5.14. The van der Waals surface area contributed by atoms with Crippen molar-refractivity contribution in [2.45, 2.75) is 32.8 Å². The number of aromatic nitrogens is 2. The standard InChI is InChI=1S/C14H17ClN2O2/c1-9(2)19-7-3-4-13-16-12-6-5-10(15)8-11(12)14(18)17-13/h5-6,8-9H,3-4,7H2,1-2H3,(H,16,17,18). The molecule has 0 atom stereocenters. The van der Waals surface area contributed by atoms with E-state index in [1.165, 1.54) is 0 Å². The van der Waals surface area contributed by atoms with Crippen molar-refractivity contribution in [3.63, 3.8) is 0 Å². The van der Waals surface area contributed by atoms with Crippen molar-refractivity contribution in [3.8, 4) is 0 Å². The van der Waals surface area contributed by atoms with E-state index in [-0.39, 0.29) is 11.7 Å². The highest BCUT2D eigenvalue weighted by Crippen LogP contribution is 2.14. The topological polar surface area (TPSA) is 55.0 Å². The summed E-state index contributed by atoms with van der Waals surface area (Å²) in [4.78, 5) is 19.1. The van der Waals surface area contributed by atoms with Crippen LogP contribution in [-0.2, 0) is 11.2 Å². The van der Waals surface area contributed by atoms with Gasteiger partial charge in [-0.2, -0.15) is 0 Å². The van der Waals surface area contributed by atoms with Crippen molar-refractivity contribution in [1.29, 1.82) is 0 Å². The van der Waals surface area contributed by atoms with Gasteiger partial charge in [0.15, 0.2) is 0 Å². The van der Waals surface area contributed by atoms with E-state index in [1.807, 2.05) is 13.8 Å². The van der Waals surface area contributed by atoms with Gasteiger partial charge in [-0.1, -0.05) is 11.6 Å². The molecule has 1 aromatic heterocycles. The molecule has 4 nitrogen and oxygen atoms in total. The molecule has 0 saturated heterocycles. The number of hydrogen-bond donors (Lipinski definition) is 1. The molecule has 0 spiro atoms. The van der Waals surface area contributed by atoms with Crippen molar-refractivity contribution in [1.82, 2.24) is 9.97 Å². The number of fused-ring (bicyclic) bond motifs is 1. The molecule has 0 unspecified atom stereocenters. The van der Waals surface area contributed by atoms with Gasteiger partial charge in [-0.05, 0) is 38.5 Å². The molecule has 19 heavy (non-hydrogen) atoms. The third kappa shape index (κ3) is 3.78. The fourth-order valence-corrected chi connectivity index (χ4v) is 2.01. The smallest absolute Gasteiger partial charge is 0.258 e. The number of benzene rings is 1. The molecule has 0 fully saturated rings. The lowest BCUT2D eigenvalue weighted by molar-refractivity contribution is 0.0769. The monoisotopic (exact) mass is 280 g/mol. The molecule has 0 radical (unpaired) electrons. The lowest BCUT2D eigenvalue weighted by Crippen LogP contribution is -2.13. The minimum Gasteiger partial charge on any atom is -0.379 e. The molecular formula is C14H17ClN2O2. The molecule has 1 N–H and O–H groups in total. The minimum absolute atomic E-state index is 0.146. The Morgan fingerprint density at radius 3 is 2.95 bits per heavy atom. The zero-order valence-electron chi connectivity index (χ0n) is 11.1. The van der Waals surface area contributed by atoms with E-state index < -0.39 is 0 Å². The number of nitrogens with one attached hydrogen (secondary N) is 1. The largest absolute Gasteiger partial charge is 0.379 e. The predicted molar refractivity (Wildman–Crippen MR) is 76.8 cm³/mol. The van der Waals surface area contributed by atoms with Crippen molar-refractivity contribution in [3.05, 3.63) is 39.4 Å². The highest BCUT2D eigenvalue weighted by atomic mass is 35.5. The molecule has 102 valence electrons. The Balaban J connectivity index is 2.13. The zero-order chi connectivity index (χ0) is 13.8. The van der Waals surface area contributed by atoms with Gasteiger partial charge in [0.1, 0.15) is 5.82 Å². The van der Waals surface area contributed by atoms with Crippen LogP contribution >= 0.6 is 11.6 Å². The number of rotatable bonds is 5. The van der Waals surface area contributed by atoms with Crippen molar-refractivity contribution >= 4 is 22.5 Å². The fraction of sp³-hybridized carbons (Fsp3) is 0.429. The summed E-state index contributed by atoms with van der Waals surface area (Å²) in [6.07, 6.45) is 1.76. The Morgan fingerprint density at radius 2 is 2.21 bits per heavy atom. The van der Waals surface area contributed by atoms with Gasteiger partial charge in [-0.15, -0.1) is 0 Å². The first-order chi connectivity index (χ1) is 9.06. The summed E-state index contributed by atoms with van der Waals surface area (Å²) >= 11 is 5.87. The quantitative estimate of drug-likeness (QED) is 0.857. The van der Waals surface area contributed by atoms with Gasteiger partial charge in [0.25, 0.3) is 5.56 Å². The van der Waals surface area contributed by atoms with Gasteiger partial charge < -0.3 is 9.72 Å². The lowest BCUT2D eigenvalue weighted by Gasteiger charge is -2.07. The van der Waals surface area contributed by atoms with Gasteiger partial charge in [-0.3, -0.25) is 4.79 Å². The SMILES string of the molecule is CC(C)OCCCc1nc2ccc(Cl)cc2c(=O)[nH]1. The first-order valence-corrected chi connectivity index (χ1v) is 6.74. The highest BCUT2D eigenvalue weighted by molar-refractivity contribution is 6.31. The van der Waals surface area contributed by atoms with Crippen LogP contribution in [0.25, 0.3) is 10.9 Å². The van der Waals surface area contributed by atoms with E-state index in [9.17, 15) is 4.79 Å². The normalized spacial score (nSPS) is 11.4. The number of ether oxygens (including phenoxy) is 1. The molecule has 5 heteroatoms. The van der Waals surface area contributed by atoms with Crippen LogP contribution in [0, 0.1) is 0 Å². The Bertz CT molecular complexity index is 622. The van der Waals surface area contributed by atoms with E-state index in [0.29, 0.717) is 34.8 Å². The molecule has 1 aromatic carbocycles. The molecule has 0 aliphatic carbocycles. The maximum atomic E-state index is 11.9. The molecular weight excluding hydrogens is 264 g/mol. The van der Waals surface area contributed by atoms with E-state index in [1.54, 1.807) is 18.2 Å². The summed E-state index contributed by atoms with van der Waals surface area (Å²) in [6.45, 7) is 4.67. The maximum Gasteiger partial charge on any atom is 0.258 e. The molecule has 2 rings (SSSR count). The second kappa shape index (κ2) is 6.17. The van der Waals surface area contributed by atoms with Gasteiger partial charge in [0.2, 0.25) is 0 Å². The number of aromatic amines is 1. The second-order valence-electron chi connectivity index (χ2n) is 4.70. The van der Waals surface area contributed by atoms with Crippen LogP contribution < -0.4 is 5.56 Å². The van der Waals surface area contributed by atoms with Crippen LogP contribution in [-0.4, -0.2) is 22.7 Å². The Hall–Kier alpha value is -1.39.